The Balaban J connectivity index is 3.85. The molecular formula is C18H36. The van der Waals surface area contributed by atoms with Crippen LogP contribution in [-0.4, -0.2) is 0 Å². The molecule has 0 rings (SSSR count). The smallest absolute Gasteiger partial charge is 0.0294 e. The summed E-state index contributed by atoms with van der Waals surface area (Å²) in [6.45, 7) is 11.2. The zero-order valence-corrected chi connectivity index (χ0v) is 13.3. The van der Waals surface area contributed by atoms with Crippen molar-refractivity contribution in [1.29, 1.82) is 0 Å². The Labute approximate surface area is 116 Å². The highest BCUT2D eigenvalue weighted by Crippen LogP contribution is 2.25. The van der Waals surface area contributed by atoms with Gasteiger partial charge < -0.3 is 0 Å². The number of hydrogen-bond donors (Lipinski definition) is 0. The molecule has 0 aromatic heterocycles. The van der Waals surface area contributed by atoms with Crippen molar-refractivity contribution in [3.63, 3.8) is 0 Å². The molecule has 0 saturated heterocycles. The van der Waals surface area contributed by atoms with Gasteiger partial charge in [0.2, 0.25) is 0 Å². The Morgan fingerprint density at radius 1 is 0.778 bits per heavy atom. The predicted molar refractivity (Wildman–Crippen MR) is 85.1 cm³/mol. The Morgan fingerprint density at radius 3 is 2.00 bits per heavy atom. The van der Waals surface area contributed by atoms with Crippen LogP contribution in [0.25, 0.3) is 0 Å². The minimum atomic E-state index is 0.922. The fourth-order valence-electron chi connectivity index (χ4n) is 2.64. The van der Waals surface area contributed by atoms with Crippen molar-refractivity contribution < 1.29 is 0 Å². The molecule has 0 saturated carbocycles. The van der Waals surface area contributed by atoms with Crippen LogP contribution in [0.4, 0.5) is 0 Å². The zero-order chi connectivity index (χ0) is 13.6. The van der Waals surface area contributed by atoms with Gasteiger partial charge in [-0.25, -0.2) is 0 Å². The molecule has 0 aromatic rings. The minimum Gasteiger partial charge on any atom is -0.0999 e. The molecule has 1 unspecified atom stereocenters. The first-order chi connectivity index (χ1) is 8.74. The van der Waals surface area contributed by atoms with Gasteiger partial charge in [-0.3, -0.25) is 0 Å². The average molecular weight is 252 g/mol. The summed E-state index contributed by atoms with van der Waals surface area (Å²) >= 11 is 0. The van der Waals surface area contributed by atoms with Crippen molar-refractivity contribution in [2.45, 2.75) is 97.8 Å². The highest BCUT2D eigenvalue weighted by Gasteiger charge is 2.09. The molecule has 0 heteroatoms. The molecule has 0 amide bonds. The highest BCUT2D eigenvalue weighted by atomic mass is 14.2. The van der Waals surface area contributed by atoms with Crippen LogP contribution < -0.4 is 0 Å². The maximum atomic E-state index is 4.28. The molecule has 0 aromatic carbocycles. The van der Waals surface area contributed by atoms with E-state index >= 15 is 0 Å². The Kier molecular flexibility index (Phi) is 13.0. The van der Waals surface area contributed by atoms with Crippen LogP contribution in [0.2, 0.25) is 0 Å². The lowest BCUT2D eigenvalue weighted by molar-refractivity contribution is 0.405. The molecule has 0 N–H and O–H groups in total. The first-order valence-corrected chi connectivity index (χ1v) is 8.41. The summed E-state index contributed by atoms with van der Waals surface area (Å²) in [5.74, 6) is 0.922. The zero-order valence-electron chi connectivity index (χ0n) is 13.3. The molecule has 108 valence electrons. The normalized spacial score (nSPS) is 12.6. The van der Waals surface area contributed by atoms with Gasteiger partial charge in [-0.15, -0.1) is 0 Å². The van der Waals surface area contributed by atoms with Crippen molar-refractivity contribution >= 4 is 0 Å². The Hall–Kier alpha value is -0.260. The molecule has 0 nitrogen and oxygen atoms in total. The maximum Gasteiger partial charge on any atom is -0.0294 e. The van der Waals surface area contributed by atoms with Crippen molar-refractivity contribution in [1.82, 2.24) is 0 Å². The third kappa shape index (κ3) is 10.9. The van der Waals surface area contributed by atoms with E-state index in [2.05, 4.69) is 27.4 Å². The largest absolute Gasteiger partial charge is 0.0999 e. The molecule has 18 heavy (non-hydrogen) atoms. The van der Waals surface area contributed by atoms with Gasteiger partial charge in [-0.05, 0) is 25.2 Å². The lowest BCUT2D eigenvalue weighted by Crippen LogP contribution is -2.02. The lowest BCUT2D eigenvalue weighted by atomic mass is 9.88. The van der Waals surface area contributed by atoms with Crippen LogP contribution in [0.3, 0.4) is 0 Å². The van der Waals surface area contributed by atoms with Gasteiger partial charge in [0.05, 0.1) is 0 Å². The molecule has 0 radical (unpaired) electrons. The summed E-state index contributed by atoms with van der Waals surface area (Å²) in [6.07, 6.45) is 16.4. The highest BCUT2D eigenvalue weighted by molar-refractivity contribution is 4.95. The molecule has 0 aliphatic carbocycles. The van der Waals surface area contributed by atoms with Crippen LogP contribution in [0.5, 0.6) is 0 Å². The minimum absolute atomic E-state index is 0.922. The molecule has 0 heterocycles. The number of hydrogen-bond acceptors (Lipinski definition) is 0. The molecule has 0 aliphatic rings. The standard InChI is InChI=1S/C18H36/c1-5-8-11-12-15-18(14-10-7-3)16-17(4)13-9-6-2/h18H,4-16H2,1-3H3. The number of unbranched alkanes of at least 4 members (excludes halogenated alkanes) is 5. The van der Waals surface area contributed by atoms with Crippen molar-refractivity contribution in [3.05, 3.63) is 12.2 Å². The van der Waals surface area contributed by atoms with Gasteiger partial charge in [0.25, 0.3) is 0 Å². The van der Waals surface area contributed by atoms with Crippen LogP contribution in [0, 0.1) is 5.92 Å². The van der Waals surface area contributed by atoms with E-state index in [0.717, 1.165) is 5.92 Å². The topological polar surface area (TPSA) is 0 Å². The summed E-state index contributed by atoms with van der Waals surface area (Å²) < 4.78 is 0. The maximum absolute atomic E-state index is 4.28. The van der Waals surface area contributed by atoms with E-state index in [1.807, 2.05) is 0 Å². The summed E-state index contributed by atoms with van der Waals surface area (Å²) in [5.41, 5.74) is 1.51. The summed E-state index contributed by atoms with van der Waals surface area (Å²) in [4.78, 5) is 0. The second kappa shape index (κ2) is 13.2. The fourth-order valence-corrected chi connectivity index (χ4v) is 2.64. The van der Waals surface area contributed by atoms with E-state index in [1.165, 1.54) is 82.6 Å². The third-order valence-corrected chi connectivity index (χ3v) is 3.89. The van der Waals surface area contributed by atoms with Gasteiger partial charge >= 0.3 is 0 Å². The van der Waals surface area contributed by atoms with E-state index in [0.29, 0.717) is 0 Å². The fraction of sp³-hybridized carbons (Fsp3) is 0.889. The second-order valence-electron chi connectivity index (χ2n) is 5.92. The van der Waals surface area contributed by atoms with Crippen LogP contribution in [0.1, 0.15) is 97.8 Å². The van der Waals surface area contributed by atoms with E-state index in [4.69, 9.17) is 0 Å². The SMILES string of the molecule is C=C(CCCC)CC(CCCC)CCCCCC. The summed E-state index contributed by atoms with van der Waals surface area (Å²) in [7, 11) is 0. The van der Waals surface area contributed by atoms with Crippen molar-refractivity contribution in [2.75, 3.05) is 0 Å². The molecule has 0 aliphatic heterocycles. The molecule has 0 bridgehead atoms. The van der Waals surface area contributed by atoms with Gasteiger partial charge in [0.1, 0.15) is 0 Å². The van der Waals surface area contributed by atoms with Crippen molar-refractivity contribution in [3.8, 4) is 0 Å². The molecule has 1 atom stereocenters. The van der Waals surface area contributed by atoms with Crippen molar-refractivity contribution in [2.24, 2.45) is 5.92 Å². The van der Waals surface area contributed by atoms with E-state index < -0.39 is 0 Å². The number of allylic oxidation sites excluding steroid dienone is 1. The van der Waals surface area contributed by atoms with Gasteiger partial charge in [-0.2, -0.15) is 0 Å². The predicted octanol–water partition coefficient (Wildman–Crippen LogP) is 6.90. The van der Waals surface area contributed by atoms with E-state index in [9.17, 15) is 0 Å². The van der Waals surface area contributed by atoms with Crippen LogP contribution in [-0.2, 0) is 0 Å². The van der Waals surface area contributed by atoms with Gasteiger partial charge in [0, 0.05) is 0 Å². The van der Waals surface area contributed by atoms with Crippen LogP contribution in [0.15, 0.2) is 12.2 Å². The van der Waals surface area contributed by atoms with E-state index in [-0.39, 0.29) is 0 Å². The number of rotatable bonds is 13. The summed E-state index contributed by atoms with van der Waals surface area (Å²) in [6, 6.07) is 0. The lowest BCUT2D eigenvalue weighted by Gasteiger charge is -2.18. The average Bonchev–Trinajstić information content (AvgIpc) is 2.38. The monoisotopic (exact) mass is 252 g/mol. The molecule has 0 spiro atoms. The van der Waals surface area contributed by atoms with Gasteiger partial charge in [-0.1, -0.05) is 90.7 Å². The Morgan fingerprint density at radius 2 is 1.39 bits per heavy atom. The molecule has 0 fully saturated rings. The summed E-state index contributed by atoms with van der Waals surface area (Å²) in [5, 5.41) is 0. The third-order valence-electron chi connectivity index (χ3n) is 3.89. The first kappa shape index (κ1) is 17.7. The second-order valence-corrected chi connectivity index (χ2v) is 5.92. The van der Waals surface area contributed by atoms with Gasteiger partial charge in [0.15, 0.2) is 0 Å². The first-order valence-electron chi connectivity index (χ1n) is 8.41. The van der Waals surface area contributed by atoms with Crippen LogP contribution >= 0.6 is 0 Å². The molecular weight excluding hydrogens is 216 g/mol. The quantitative estimate of drug-likeness (QED) is 0.247. The van der Waals surface area contributed by atoms with E-state index in [1.54, 1.807) is 0 Å². The Bertz CT molecular complexity index is 180.